The molecular formula is C23H31F6NO. The van der Waals surface area contributed by atoms with Gasteiger partial charge in [0.15, 0.2) is 0 Å². The second-order valence-electron chi connectivity index (χ2n) is 9.21. The second-order valence-corrected chi connectivity index (χ2v) is 9.21. The maximum atomic E-state index is 13.2. The largest absolute Gasteiger partial charge is 0.416 e. The van der Waals surface area contributed by atoms with Crippen molar-refractivity contribution in [3.05, 3.63) is 34.9 Å². The zero-order chi connectivity index (χ0) is 23.4. The Balaban J connectivity index is 2.25. The number of alkyl halides is 6. The van der Waals surface area contributed by atoms with Crippen LogP contribution in [0.25, 0.3) is 0 Å². The van der Waals surface area contributed by atoms with E-state index >= 15 is 0 Å². The maximum absolute atomic E-state index is 13.2. The molecule has 0 spiro atoms. The molecule has 1 atom stereocenters. The van der Waals surface area contributed by atoms with Crippen molar-refractivity contribution in [2.45, 2.75) is 84.6 Å². The van der Waals surface area contributed by atoms with Crippen LogP contribution in [0.1, 0.15) is 82.4 Å². The quantitative estimate of drug-likeness (QED) is 0.370. The smallest absolute Gasteiger partial charge is 0.352 e. The summed E-state index contributed by atoms with van der Waals surface area (Å²) in [4.78, 5) is 13.2. The average molecular weight is 451 g/mol. The number of nitrogens with one attached hydrogen (secondary N) is 1. The summed E-state index contributed by atoms with van der Waals surface area (Å²) in [5.41, 5.74) is -3.58. The van der Waals surface area contributed by atoms with Crippen LogP contribution in [0, 0.1) is 17.3 Å². The van der Waals surface area contributed by atoms with Gasteiger partial charge in [0.25, 0.3) is 0 Å². The monoisotopic (exact) mass is 451 g/mol. The molecule has 176 valence electrons. The molecule has 0 aliphatic heterocycles. The highest BCUT2D eigenvalue weighted by Crippen LogP contribution is 2.46. The molecule has 1 amide bonds. The number of halogens is 6. The third kappa shape index (κ3) is 7.42. The van der Waals surface area contributed by atoms with Crippen molar-refractivity contribution >= 4 is 5.91 Å². The van der Waals surface area contributed by atoms with E-state index in [2.05, 4.69) is 19.2 Å². The first-order chi connectivity index (χ1) is 14.3. The lowest BCUT2D eigenvalue weighted by Gasteiger charge is -2.33. The molecule has 0 radical (unpaired) electrons. The molecule has 0 saturated heterocycles. The maximum Gasteiger partial charge on any atom is 0.416 e. The van der Waals surface area contributed by atoms with Gasteiger partial charge in [0, 0.05) is 12.0 Å². The summed E-state index contributed by atoms with van der Waals surface area (Å²) < 4.78 is 78.6. The van der Waals surface area contributed by atoms with Gasteiger partial charge < -0.3 is 5.32 Å². The Bertz CT molecular complexity index is 719. The summed E-state index contributed by atoms with van der Waals surface area (Å²) in [6.07, 6.45) is -4.05. The van der Waals surface area contributed by atoms with Crippen LogP contribution in [0.5, 0.6) is 0 Å². The SMILES string of the molecule is CCCC(CCC(C)C)(CC1CC1)C(=O)NCc1cc(C(F)(F)F)cc(C(F)(F)F)c1. The topological polar surface area (TPSA) is 29.1 Å². The number of carbonyl (C=O) groups excluding carboxylic acids is 1. The Kier molecular flexibility index (Phi) is 8.09. The van der Waals surface area contributed by atoms with E-state index in [9.17, 15) is 31.1 Å². The number of rotatable bonds is 10. The summed E-state index contributed by atoms with van der Waals surface area (Å²) in [5.74, 6) is 0.587. The molecule has 0 heterocycles. The number of benzene rings is 1. The molecule has 1 aromatic carbocycles. The van der Waals surface area contributed by atoms with E-state index in [0.717, 1.165) is 32.1 Å². The van der Waals surface area contributed by atoms with Gasteiger partial charge in [-0.25, -0.2) is 0 Å². The van der Waals surface area contributed by atoms with E-state index in [-0.39, 0.29) is 24.1 Å². The first kappa shape index (κ1) is 25.5. The molecule has 31 heavy (non-hydrogen) atoms. The van der Waals surface area contributed by atoms with Crippen molar-refractivity contribution < 1.29 is 31.1 Å². The minimum absolute atomic E-state index is 0.0996. The van der Waals surface area contributed by atoms with Crippen LogP contribution in [-0.4, -0.2) is 5.91 Å². The van der Waals surface area contributed by atoms with Crippen molar-refractivity contribution in [2.24, 2.45) is 17.3 Å². The Labute approximate surface area is 179 Å². The van der Waals surface area contributed by atoms with Gasteiger partial charge in [0.2, 0.25) is 5.91 Å². The van der Waals surface area contributed by atoms with Crippen LogP contribution in [-0.2, 0) is 23.7 Å². The Hall–Kier alpha value is -1.73. The number of carbonyl (C=O) groups is 1. The zero-order valence-corrected chi connectivity index (χ0v) is 18.2. The Morgan fingerprint density at radius 3 is 1.97 bits per heavy atom. The standard InChI is InChI=1S/C23H31F6NO/c1-4-8-21(9-7-15(2)3,13-16-5-6-16)20(31)30-14-17-10-18(22(24,25)26)12-19(11-17)23(27,28)29/h10-12,15-16H,4-9,13-14H2,1-3H3,(H,30,31). The average Bonchev–Trinajstić information content (AvgIpc) is 3.46. The summed E-state index contributed by atoms with van der Waals surface area (Å²) in [6, 6.07) is 1.44. The van der Waals surface area contributed by atoms with Crippen molar-refractivity contribution in [3.63, 3.8) is 0 Å². The molecule has 1 fully saturated rings. The third-order valence-electron chi connectivity index (χ3n) is 5.89. The minimum atomic E-state index is -4.91. The molecule has 2 nitrogen and oxygen atoms in total. The van der Waals surface area contributed by atoms with Gasteiger partial charge >= 0.3 is 12.4 Å². The summed E-state index contributed by atoms with van der Waals surface area (Å²) in [7, 11) is 0. The van der Waals surface area contributed by atoms with Crippen LogP contribution in [0.3, 0.4) is 0 Å². The lowest BCUT2D eigenvalue weighted by molar-refractivity contribution is -0.143. The van der Waals surface area contributed by atoms with Crippen molar-refractivity contribution in [3.8, 4) is 0 Å². The molecule has 2 rings (SSSR count). The van der Waals surface area contributed by atoms with Gasteiger partial charge in [0.1, 0.15) is 0 Å². The molecule has 1 saturated carbocycles. The number of amides is 1. The summed E-state index contributed by atoms with van der Waals surface area (Å²) >= 11 is 0. The lowest BCUT2D eigenvalue weighted by atomic mass is 9.73. The fourth-order valence-electron chi connectivity index (χ4n) is 4.06. The molecule has 1 aliphatic rings. The molecule has 8 heteroatoms. The Morgan fingerprint density at radius 2 is 1.55 bits per heavy atom. The van der Waals surface area contributed by atoms with Crippen LogP contribution in [0.15, 0.2) is 18.2 Å². The summed E-state index contributed by atoms with van der Waals surface area (Å²) in [5, 5.41) is 2.67. The lowest BCUT2D eigenvalue weighted by Crippen LogP contribution is -2.41. The van der Waals surface area contributed by atoms with Gasteiger partial charge in [0.05, 0.1) is 11.1 Å². The fourth-order valence-corrected chi connectivity index (χ4v) is 4.06. The predicted molar refractivity (Wildman–Crippen MR) is 107 cm³/mol. The second kappa shape index (κ2) is 9.82. The molecule has 1 aromatic rings. The first-order valence-electron chi connectivity index (χ1n) is 10.8. The van der Waals surface area contributed by atoms with Crippen LogP contribution >= 0.6 is 0 Å². The van der Waals surface area contributed by atoms with Crippen LogP contribution in [0.2, 0.25) is 0 Å². The van der Waals surface area contributed by atoms with Crippen LogP contribution < -0.4 is 5.32 Å². The number of hydrogen-bond donors (Lipinski definition) is 1. The minimum Gasteiger partial charge on any atom is -0.352 e. The van der Waals surface area contributed by atoms with E-state index in [1.54, 1.807) is 0 Å². The van der Waals surface area contributed by atoms with Gasteiger partial charge in [-0.1, -0.05) is 40.0 Å². The highest BCUT2D eigenvalue weighted by Gasteiger charge is 2.42. The van der Waals surface area contributed by atoms with E-state index in [4.69, 9.17) is 0 Å². The van der Waals surface area contributed by atoms with Gasteiger partial charge in [-0.3, -0.25) is 4.79 Å². The van der Waals surface area contributed by atoms with E-state index < -0.39 is 28.9 Å². The van der Waals surface area contributed by atoms with Crippen LogP contribution in [0.4, 0.5) is 26.3 Å². The van der Waals surface area contributed by atoms with E-state index in [1.165, 1.54) is 0 Å². The first-order valence-corrected chi connectivity index (χ1v) is 10.8. The van der Waals surface area contributed by atoms with E-state index in [1.807, 2.05) is 6.92 Å². The van der Waals surface area contributed by atoms with Gasteiger partial charge in [-0.2, -0.15) is 26.3 Å². The van der Waals surface area contributed by atoms with Crippen molar-refractivity contribution in [2.75, 3.05) is 0 Å². The van der Waals surface area contributed by atoms with Gasteiger partial charge in [-0.15, -0.1) is 0 Å². The number of hydrogen-bond acceptors (Lipinski definition) is 1. The molecule has 1 N–H and O–H groups in total. The van der Waals surface area contributed by atoms with Gasteiger partial charge in [-0.05, 0) is 61.3 Å². The van der Waals surface area contributed by atoms with Crippen molar-refractivity contribution in [1.82, 2.24) is 5.32 Å². The zero-order valence-electron chi connectivity index (χ0n) is 18.2. The predicted octanol–water partition coefficient (Wildman–Crippen LogP) is 7.36. The molecular weight excluding hydrogens is 420 g/mol. The normalized spacial score (nSPS) is 17.0. The highest BCUT2D eigenvalue weighted by molar-refractivity contribution is 5.82. The molecule has 0 aromatic heterocycles. The fraction of sp³-hybridized carbons (Fsp3) is 0.696. The molecule has 1 unspecified atom stereocenters. The van der Waals surface area contributed by atoms with Crippen molar-refractivity contribution in [1.29, 1.82) is 0 Å². The Morgan fingerprint density at radius 1 is 1.00 bits per heavy atom. The summed E-state index contributed by atoms with van der Waals surface area (Å²) in [6.45, 7) is 5.73. The highest BCUT2D eigenvalue weighted by atomic mass is 19.4. The third-order valence-corrected chi connectivity index (χ3v) is 5.89. The van der Waals surface area contributed by atoms with E-state index in [0.29, 0.717) is 36.8 Å². The molecule has 0 bridgehead atoms. The molecule has 1 aliphatic carbocycles.